The van der Waals surface area contributed by atoms with Crippen LogP contribution in [0.5, 0.6) is 5.75 Å². The van der Waals surface area contributed by atoms with E-state index in [0.717, 1.165) is 25.1 Å². The highest BCUT2D eigenvalue weighted by Crippen LogP contribution is 2.15. The summed E-state index contributed by atoms with van der Waals surface area (Å²) in [7, 11) is 2.76. The van der Waals surface area contributed by atoms with Crippen molar-refractivity contribution in [2.24, 2.45) is 5.92 Å². The minimum absolute atomic E-state index is 0.686. The highest BCUT2D eigenvalue weighted by atomic mass is 31.0. The molecular formula is C14H21O2P. The molecule has 3 heteroatoms. The molecule has 0 amide bonds. The minimum Gasteiger partial charge on any atom is -0.494 e. The summed E-state index contributed by atoms with van der Waals surface area (Å²) in [5.41, 5.74) is 0.686. The van der Waals surface area contributed by atoms with E-state index >= 15 is 0 Å². The standard InChI is InChI=1S/C14H21O2P/c1-12(3-2-10-17)8-9-16-14-6-4-13(11-15)5-7-14/h4-7,11-12H,2-3,8-10,17H2,1H3. The van der Waals surface area contributed by atoms with Crippen LogP contribution in [0.2, 0.25) is 0 Å². The molecule has 0 aliphatic rings. The van der Waals surface area contributed by atoms with Crippen molar-refractivity contribution >= 4 is 15.5 Å². The summed E-state index contributed by atoms with van der Waals surface area (Å²) in [6, 6.07) is 7.24. The van der Waals surface area contributed by atoms with Crippen molar-refractivity contribution in [1.82, 2.24) is 0 Å². The van der Waals surface area contributed by atoms with E-state index in [9.17, 15) is 4.79 Å². The van der Waals surface area contributed by atoms with Crippen LogP contribution in [0.3, 0.4) is 0 Å². The zero-order valence-electron chi connectivity index (χ0n) is 10.4. The Hall–Kier alpha value is -0.880. The van der Waals surface area contributed by atoms with E-state index in [1.807, 2.05) is 12.1 Å². The van der Waals surface area contributed by atoms with Crippen LogP contribution in [0, 0.1) is 5.92 Å². The first-order chi connectivity index (χ1) is 8.26. The normalized spacial score (nSPS) is 12.1. The largest absolute Gasteiger partial charge is 0.494 e. The summed E-state index contributed by atoms with van der Waals surface area (Å²) >= 11 is 0. The van der Waals surface area contributed by atoms with Crippen LogP contribution < -0.4 is 4.74 Å². The fourth-order valence-corrected chi connectivity index (χ4v) is 1.87. The zero-order chi connectivity index (χ0) is 12.5. The van der Waals surface area contributed by atoms with Gasteiger partial charge in [0.15, 0.2) is 0 Å². The Kier molecular flexibility index (Phi) is 6.88. The molecule has 0 N–H and O–H groups in total. The predicted octanol–water partition coefficient (Wildman–Crippen LogP) is 3.56. The number of ether oxygens (including phenoxy) is 1. The minimum atomic E-state index is 0.686. The Morgan fingerprint density at radius 1 is 1.29 bits per heavy atom. The van der Waals surface area contributed by atoms with Gasteiger partial charge < -0.3 is 4.74 Å². The maximum atomic E-state index is 10.5. The monoisotopic (exact) mass is 252 g/mol. The molecule has 0 saturated heterocycles. The quantitative estimate of drug-likeness (QED) is 0.522. The summed E-state index contributed by atoms with van der Waals surface area (Å²) in [6.07, 6.45) is 5.63. The van der Waals surface area contributed by atoms with Gasteiger partial charge >= 0.3 is 0 Å². The molecule has 1 aromatic carbocycles. The summed E-state index contributed by atoms with van der Waals surface area (Å²) in [4.78, 5) is 10.5. The molecule has 0 saturated carbocycles. The third-order valence-electron chi connectivity index (χ3n) is 2.80. The lowest BCUT2D eigenvalue weighted by Crippen LogP contribution is -2.04. The first-order valence-corrected chi connectivity index (χ1v) is 6.96. The van der Waals surface area contributed by atoms with Crippen LogP contribution >= 0.6 is 9.24 Å². The van der Waals surface area contributed by atoms with Crippen LogP contribution in [0.1, 0.15) is 36.5 Å². The van der Waals surface area contributed by atoms with Gasteiger partial charge in [0.1, 0.15) is 12.0 Å². The summed E-state index contributed by atoms with van der Waals surface area (Å²) < 4.78 is 5.63. The van der Waals surface area contributed by atoms with Crippen molar-refractivity contribution in [2.75, 3.05) is 12.8 Å². The first-order valence-electron chi connectivity index (χ1n) is 6.14. The van der Waals surface area contributed by atoms with Crippen LogP contribution in [-0.2, 0) is 0 Å². The highest BCUT2D eigenvalue weighted by Gasteiger charge is 2.02. The predicted molar refractivity (Wildman–Crippen MR) is 74.9 cm³/mol. The summed E-state index contributed by atoms with van der Waals surface area (Å²) in [5.74, 6) is 1.55. The molecule has 17 heavy (non-hydrogen) atoms. The lowest BCUT2D eigenvalue weighted by atomic mass is 10.0. The molecule has 0 bridgehead atoms. The Morgan fingerprint density at radius 2 is 2.00 bits per heavy atom. The lowest BCUT2D eigenvalue weighted by Gasteiger charge is -2.11. The Bertz CT molecular complexity index is 321. The number of rotatable bonds is 8. The molecule has 94 valence electrons. The van der Waals surface area contributed by atoms with Crippen molar-refractivity contribution in [3.8, 4) is 5.75 Å². The van der Waals surface area contributed by atoms with Gasteiger partial charge in [-0.2, -0.15) is 0 Å². The third kappa shape index (κ3) is 5.83. The third-order valence-corrected chi connectivity index (χ3v) is 3.20. The second kappa shape index (κ2) is 8.25. The van der Waals surface area contributed by atoms with Crippen molar-refractivity contribution in [2.45, 2.75) is 26.2 Å². The second-order valence-electron chi connectivity index (χ2n) is 4.36. The van der Waals surface area contributed by atoms with Gasteiger partial charge in [-0.25, -0.2) is 0 Å². The fourth-order valence-electron chi connectivity index (χ4n) is 1.63. The number of hydrogen-bond acceptors (Lipinski definition) is 2. The molecule has 2 unspecified atom stereocenters. The second-order valence-corrected chi connectivity index (χ2v) is 4.94. The van der Waals surface area contributed by atoms with Gasteiger partial charge in [0.25, 0.3) is 0 Å². The zero-order valence-corrected chi connectivity index (χ0v) is 11.5. The number of aldehydes is 1. The fraction of sp³-hybridized carbons (Fsp3) is 0.500. The molecule has 0 aromatic heterocycles. The van der Waals surface area contributed by atoms with Gasteiger partial charge in [0, 0.05) is 5.56 Å². The van der Waals surface area contributed by atoms with Crippen molar-refractivity contribution in [1.29, 1.82) is 0 Å². The average molecular weight is 252 g/mol. The Balaban J connectivity index is 2.23. The molecule has 0 spiro atoms. The van der Waals surface area contributed by atoms with E-state index in [1.165, 1.54) is 19.0 Å². The van der Waals surface area contributed by atoms with Gasteiger partial charge in [0.05, 0.1) is 6.61 Å². The number of carbonyl (C=O) groups excluding carboxylic acids is 1. The average Bonchev–Trinajstić information content (AvgIpc) is 2.37. The van der Waals surface area contributed by atoms with Crippen LogP contribution in [-0.4, -0.2) is 19.1 Å². The van der Waals surface area contributed by atoms with E-state index < -0.39 is 0 Å². The Morgan fingerprint density at radius 3 is 2.59 bits per heavy atom. The van der Waals surface area contributed by atoms with Crippen molar-refractivity contribution in [3.63, 3.8) is 0 Å². The van der Waals surface area contributed by atoms with Crippen molar-refractivity contribution in [3.05, 3.63) is 29.8 Å². The van der Waals surface area contributed by atoms with Crippen LogP contribution in [0.25, 0.3) is 0 Å². The molecule has 0 radical (unpaired) electrons. The maximum Gasteiger partial charge on any atom is 0.150 e. The molecular weight excluding hydrogens is 231 g/mol. The number of benzene rings is 1. The molecule has 1 aromatic rings. The molecule has 2 nitrogen and oxygen atoms in total. The summed E-state index contributed by atoms with van der Waals surface area (Å²) in [5, 5.41) is 0. The van der Waals surface area contributed by atoms with E-state index in [4.69, 9.17) is 4.74 Å². The van der Waals surface area contributed by atoms with E-state index in [0.29, 0.717) is 11.5 Å². The molecule has 0 fully saturated rings. The Labute approximate surface area is 106 Å². The molecule has 0 aliphatic heterocycles. The van der Waals surface area contributed by atoms with Gasteiger partial charge in [0.2, 0.25) is 0 Å². The van der Waals surface area contributed by atoms with Crippen molar-refractivity contribution < 1.29 is 9.53 Å². The van der Waals surface area contributed by atoms with Crippen LogP contribution in [0.15, 0.2) is 24.3 Å². The molecule has 2 atom stereocenters. The topological polar surface area (TPSA) is 26.3 Å². The maximum absolute atomic E-state index is 10.5. The van der Waals surface area contributed by atoms with Gasteiger partial charge in [-0.05, 0) is 49.2 Å². The summed E-state index contributed by atoms with van der Waals surface area (Å²) in [6.45, 7) is 3.01. The van der Waals surface area contributed by atoms with E-state index in [1.54, 1.807) is 12.1 Å². The van der Waals surface area contributed by atoms with Gasteiger partial charge in [-0.1, -0.05) is 13.3 Å². The SMILES string of the molecule is CC(CCCP)CCOc1ccc(C=O)cc1. The van der Waals surface area contributed by atoms with E-state index in [-0.39, 0.29) is 0 Å². The highest BCUT2D eigenvalue weighted by molar-refractivity contribution is 7.16. The first kappa shape index (κ1) is 14.2. The number of carbonyl (C=O) groups is 1. The smallest absolute Gasteiger partial charge is 0.150 e. The molecule has 0 aliphatic carbocycles. The van der Waals surface area contributed by atoms with E-state index in [2.05, 4.69) is 16.2 Å². The molecule has 1 rings (SSSR count). The molecule has 0 heterocycles. The van der Waals surface area contributed by atoms with Crippen LogP contribution in [0.4, 0.5) is 0 Å². The lowest BCUT2D eigenvalue weighted by molar-refractivity contribution is 0.112. The number of hydrogen-bond donors (Lipinski definition) is 0. The van der Waals surface area contributed by atoms with Gasteiger partial charge in [-0.15, -0.1) is 9.24 Å². The van der Waals surface area contributed by atoms with Gasteiger partial charge in [-0.3, -0.25) is 4.79 Å².